The lowest BCUT2D eigenvalue weighted by Gasteiger charge is -2.23. The fourth-order valence-electron chi connectivity index (χ4n) is 2.49. The van der Waals surface area contributed by atoms with Crippen LogP contribution in [0.4, 0.5) is 0 Å². The molecule has 0 saturated heterocycles. The summed E-state index contributed by atoms with van der Waals surface area (Å²) in [4.78, 5) is 17.7. The number of nitrogens with two attached hydrogens (primary N) is 4. The molecule has 0 spiro atoms. The van der Waals surface area contributed by atoms with E-state index in [4.69, 9.17) is 23.6 Å². The molecule has 0 amide bonds. The van der Waals surface area contributed by atoms with Gasteiger partial charge in [-0.25, -0.2) is 23.6 Å². The van der Waals surface area contributed by atoms with Crippen molar-refractivity contribution in [1.82, 2.24) is 0 Å². The Balaban J connectivity index is -0.000000190. The summed E-state index contributed by atoms with van der Waals surface area (Å²) < 4.78 is 3.90. The molecule has 0 aromatic heterocycles. The van der Waals surface area contributed by atoms with Crippen LogP contribution in [0, 0.1) is 0 Å². The molecule has 12 heteroatoms. The average Bonchev–Trinajstić information content (AvgIpc) is 2.67. The van der Waals surface area contributed by atoms with Gasteiger partial charge in [0, 0.05) is 25.7 Å². The van der Waals surface area contributed by atoms with Crippen LogP contribution < -0.4 is 23.6 Å². The molecule has 0 bridgehead atoms. The Morgan fingerprint density at radius 1 is 0.333 bits per heavy atom. The van der Waals surface area contributed by atoms with E-state index in [1.807, 2.05) is 0 Å². The largest absolute Gasteiger partial charge is 0.331 e. The molecule has 0 unspecified atom stereocenters. The molecule has 0 aliphatic rings. The highest BCUT2D eigenvalue weighted by atomic mass is 16.8. The van der Waals surface area contributed by atoms with Crippen molar-refractivity contribution >= 4 is 0 Å². The molecule has 8 N–H and O–H groups in total. The highest BCUT2D eigenvalue weighted by Gasteiger charge is 2.06. The van der Waals surface area contributed by atoms with Crippen molar-refractivity contribution in [3.05, 3.63) is 0 Å². The lowest BCUT2D eigenvalue weighted by Crippen LogP contribution is -2.35. The van der Waals surface area contributed by atoms with Gasteiger partial charge in [-0.2, -0.15) is 0 Å². The van der Waals surface area contributed by atoms with Crippen molar-refractivity contribution < 1.29 is 37.3 Å². The van der Waals surface area contributed by atoms with Gasteiger partial charge in [-0.3, -0.25) is 0 Å². The Morgan fingerprint density at radius 2 is 0.472 bits per heavy atom. The molecule has 0 rings (SSSR count). The fourth-order valence-corrected chi connectivity index (χ4v) is 2.49. The van der Waals surface area contributed by atoms with Crippen LogP contribution in [0.2, 0.25) is 0 Å². The number of hydrogen-bond donors (Lipinski definition) is 4. The molecule has 0 heterocycles. The topological polar surface area (TPSA) is 141 Å². The summed E-state index contributed by atoms with van der Waals surface area (Å²) >= 11 is 0. The molecule has 0 aliphatic heterocycles. The normalized spacial score (nSPS) is 12.0. The number of rotatable bonds is 16. The van der Waals surface area contributed by atoms with Gasteiger partial charge in [0.2, 0.25) is 0 Å². The Bertz CT molecular complexity index is 352. The first-order valence-corrected chi connectivity index (χ1v) is 12.7. The van der Waals surface area contributed by atoms with Gasteiger partial charge >= 0.3 is 0 Å². The zero-order valence-electron chi connectivity index (χ0n) is 26.2. The van der Waals surface area contributed by atoms with Gasteiger partial charge in [-0.1, -0.05) is 0 Å². The monoisotopic (exact) mass is 547 g/mol. The second-order valence-electron chi connectivity index (χ2n) is 13.0. The van der Waals surface area contributed by atoms with Gasteiger partial charge < -0.3 is 37.3 Å². The number of quaternary nitrogens is 4. The van der Waals surface area contributed by atoms with Crippen molar-refractivity contribution in [2.75, 3.05) is 137 Å². The van der Waals surface area contributed by atoms with Crippen LogP contribution in [0.15, 0.2) is 0 Å². The standard InChI is InChI=1S/4C6H17N2O/c4*1-8(2,3)5-4-6-9-7/h4*4-7H2,1-3H3/q4*+1/i1+1,2+1,3+1,5+1,6+1;4+1,5+1,6+1,7+1;4+1,5+1,6+1;1+1,2+1. The third-order valence-corrected chi connectivity index (χ3v) is 4.36. The number of nitrogens with zero attached hydrogens (tertiary/aromatic N) is 4. The Hall–Kier alpha value is -0.480. The van der Waals surface area contributed by atoms with Crippen molar-refractivity contribution in [3.63, 3.8) is 0 Å². The van der Waals surface area contributed by atoms with Crippen LogP contribution in [-0.4, -0.2) is 155 Å². The maximum Gasteiger partial charge on any atom is 0.0803 e. The van der Waals surface area contributed by atoms with E-state index >= 15 is 0 Å². The van der Waals surface area contributed by atoms with Gasteiger partial charge in [0.15, 0.2) is 0 Å². The third-order valence-electron chi connectivity index (χ3n) is 4.36. The van der Waals surface area contributed by atoms with Crippen LogP contribution in [0.25, 0.3) is 0 Å². The molecular formula is C24H68N8O4+4. The Morgan fingerprint density at radius 3 is 0.556 bits per heavy atom. The second-order valence-corrected chi connectivity index (χ2v) is 13.0. The molecule has 0 fully saturated rings. The van der Waals surface area contributed by atoms with Gasteiger partial charge in [0.1, 0.15) is 0 Å². The van der Waals surface area contributed by atoms with Crippen LogP contribution >= 0.6 is 0 Å². The van der Waals surface area contributed by atoms with Crippen molar-refractivity contribution in [2.45, 2.75) is 25.7 Å². The van der Waals surface area contributed by atoms with Crippen LogP contribution in [0.3, 0.4) is 0 Å². The molecule has 0 aromatic carbocycles. The minimum absolute atomic E-state index is 0.662. The highest BCUT2D eigenvalue weighted by molar-refractivity contribution is 4.32. The Labute approximate surface area is 224 Å². The lowest BCUT2D eigenvalue weighted by atomic mass is 10.4. The minimum Gasteiger partial charge on any atom is -0.331 e. The van der Waals surface area contributed by atoms with E-state index in [-0.39, 0.29) is 0 Å². The predicted molar refractivity (Wildman–Crippen MR) is 151 cm³/mol. The molecule has 0 atom stereocenters. The van der Waals surface area contributed by atoms with Crippen molar-refractivity contribution in [1.29, 1.82) is 0 Å². The second kappa shape index (κ2) is 24.8. The molecule has 12 nitrogen and oxygen atoms in total. The van der Waals surface area contributed by atoms with Crippen LogP contribution in [0.5, 0.6) is 0 Å². The van der Waals surface area contributed by atoms with Crippen molar-refractivity contribution in [3.8, 4) is 0 Å². The van der Waals surface area contributed by atoms with Gasteiger partial charge in [0.05, 0.1) is 137 Å². The quantitative estimate of drug-likeness (QED) is 0.0691. The van der Waals surface area contributed by atoms with Gasteiger partial charge in [0.25, 0.3) is 0 Å². The predicted octanol–water partition coefficient (Wildman–Crippen LogP) is -0.108. The molecule has 36 heavy (non-hydrogen) atoms. The SMILES string of the molecule is C[N+](C)(C)[13CH2][13CH2][13CH2]ON.C[N+](C)(C)[13CH2][13CH2][13CH2]O[15NH2].C[N+]([13CH3])([13CH3])CCCON.[13CH3][N+]([13CH3])([13CH3])[13CH2]C[13CH2]ON. The summed E-state index contributed by atoms with van der Waals surface area (Å²) in [7, 11) is 25.8. The first kappa shape index (κ1) is 42.6. The molecule has 0 radical (unpaired) electrons. The van der Waals surface area contributed by atoms with Gasteiger partial charge in [-0.15, -0.1) is 0 Å². The molecular weight excluding hydrogens is 478 g/mol. The zero-order valence-corrected chi connectivity index (χ0v) is 26.2. The summed E-state index contributed by atoms with van der Waals surface area (Å²) in [6.45, 7) is 7.08. The average molecular weight is 547 g/mol. The Kier molecular flexibility index (Phi) is 29.4. The first-order chi connectivity index (χ1) is 16.2. The van der Waals surface area contributed by atoms with Crippen LogP contribution in [0.1, 0.15) is 25.7 Å². The first-order valence-electron chi connectivity index (χ1n) is 12.7. The van der Waals surface area contributed by atoms with E-state index in [9.17, 15) is 0 Å². The summed E-state index contributed by atoms with van der Waals surface area (Å²) in [6, 6.07) is 0. The summed E-state index contributed by atoms with van der Waals surface area (Å²) in [5.41, 5.74) is 0. The fraction of sp³-hybridized carbons (Fsp3) is 1.00. The van der Waals surface area contributed by atoms with Crippen molar-refractivity contribution in [2.24, 2.45) is 23.6 Å². The molecule has 224 valence electrons. The van der Waals surface area contributed by atoms with Crippen LogP contribution in [-0.2, 0) is 19.4 Å². The minimum atomic E-state index is 0.662. The highest BCUT2D eigenvalue weighted by Crippen LogP contribution is 1.94. The van der Waals surface area contributed by atoms with E-state index in [2.05, 4.69) is 104 Å². The van der Waals surface area contributed by atoms with E-state index in [0.717, 1.165) is 69.8 Å². The molecule has 0 aliphatic carbocycles. The maximum absolute atomic E-state index is 4.85. The summed E-state index contributed by atoms with van der Waals surface area (Å²) in [6.07, 6.45) is 4.11. The van der Waals surface area contributed by atoms with Gasteiger partial charge in [-0.05, 0) is 0 Å². The summed E-state index contributed by atoms with van der Waals surface area (Å²) in [5, 5.41) is 0. The number of hydrogen-bond acceptors (Lipinski definition) is 8. The van der Waals surface area contributed by atoms with E-state index in [1.165, 1.54) is 0 Å². The molecule has 0 saturated carbocycles. The lowest BCUT2D eigenvalue weighted by molar-refractivity contribution is -0.870. The smallest absolute Gasteiger partial charge is 0.0803 e. The third kappa shape index (κ3) is 64.1. The summed E-state index contributed by atoms with van der Waals surface area (Å²) in [5.74, 6) is 19.4. The van der Waals surface area contributed by atoms with E-state index < -0.39 is 0 Å². The van der Waals surface area contributed by atoms with E-state index in [0.29, 0.717) is 26.4 Å². The maximum atomic E-state index is 4.85. The zero-order chi connectivity index (χ0) is 29.3. The van der Waals surface area contributed by atoms with E-state index in [1.54, 1.807) is 0 Å². The molecule has 0 aromatic rings.